The molecule has 0 fully saturated rings. The largest absolute Gasteiger partial charge is 0.497 e. The zero-order chi connectivity index (χ0) is 20.6. The lowest BCUT2D eigenvalue weighted by Gasteiger charge is -2.06. The number of nitrogens with zero attached hydrogens (tertiary/aromatic N) is 1. The molecule has 0 aliphatic carbocycles. The molecule has 0 bridgehead atoms. The average Bonchev–Trinajstić information content (AvgIpc) is 3.15. The van der Waals surface area contributed by atoms with E-state index in [-0.39, 0.29) is 24.0 Å². The lowest BCUT2D eigenvalue weighted by Crippen LogP contribution is -2.15. The molecule has 0 radical (unpaired) electrons. The van der Waals surface area contributed by atoms with E-state index in [2.05, 4.69) is 15.6 Å². The van der Waals surface area contributed by atoms with Gasteiger partial charge in [0.1, 0.15) is 5.75 Å². The highest BCUT2D eigenvalue weighted by Crippen LogP contribution is 2.23. The SMILES string of the molecule is COc1cccc(NC(=O)Cc2csc(SCC(=O)Nc3ccc(C)cc3)n2)c1. The summed E-state index contributed by atoms with van der Waals surface area (Å²) in [6.07, 6.45) is 0.170. The van der Waals surface area contributed by atoms with Crippen molar-refractivity contribution in [3.63, 3.8) is 0 Å². The maximum atomic E-state index is 12.2. The first kappa shape index (κ1) is 20.9. The summed E-state index contributed by atoms with van der Waals surface area (Å²) in [5, 5.41) is 7.53. The third-order valence-electron chi connectivity index (χ3n) is 3.89. The number of carbonyl (C=O) groups excluding carboxylic acids is 2. The Kier molecular flexibility index (Phi) is 7.26. The van der Waals surface area contributed by atoms with Crippen molar-refractivity contribution in [1.29, 1.82) is 0 Å². The predicted molar refractivity (Wildman–Crippen MR) is 118 cm³/mol. The van der Waals surface area contributed by atoms with E-state index < -0.39 is 0 Å². The van der Waals surface area contributed by atoms with Gasteiger partial charge in [0.25, 0.3) is 0 Å². The van der Waals surface area contributed by atoms with Crippen molar-refractivity contribution in [3.8, 4) is 5.75 Å². The zero-order valence-corrected chi connectivity index (χ0v) is 17.7. The lowest BCUT2D eigenvalue weighted by atomic mass is 10.2. The summed E-state index contributed by atoms with van der Waals surface area (Å²) in [6.45, 7) is 2.00. The van der Waals surface area contributed by atoms with Crippen LogP contribution in [0.1, 0.15) is 11.3 Å². The van der Waals surface area contributed by atoms with Crippen LogP contribution in [0.5, 0.6) is 5.75 Å². The van der Waals surface area contributed by atoms with E-state index in [1.165, 1.54) is 23.1 Å². The number of rotatable bonds is 8. The van der Waals surface area contributed by atoms with Crippen molar-refractivity contribution in [2.75, 3.05) is 23.5 Å². The minimum Gasteiger partial charge on any atom is -0.497 e. The summed E-state index contributed by atoms with van der Waals surface area (Å²) in [4.78, 5) is 28.7. The van der Waals surface area contributed by atoms with Gasteiger partial charge in [-0.3, -0.25) is 9.59 Å². The standard InChI is InChI=1S/C21H21N3O3S2/c1-14-6-8-15(9-7-14)22-20(26)13-29-21-24-17(12-28-21)11-19(25)23-16-4-3-5-18(10-16)27-2/h3-10,12H,11,13H2,1-2H3,(H,22,26)(H,23,25). The second kappa shape index (κ2) is 10.1. The Bertz CT molecular complexity index is 987. The van der Waals surface area contributed by atoms with Crippen molar-refractivity contribution >= 4 is 46.3 Å². The molecule has 0 aliphatic heterocycles. The van der Waals surface area contributed by atoms with Gasteiger partial charge >= 0.3 is 0 Å². The molecule has 0 spiro atoms. The van der Waals surface area contributed by atoms with Gasteiger partial charge in [-0.05, 0) is 31.2 Å². The van der Waals surface area contributed by atoms with Crippen LogP contribution in [-0.4, -0.2) is 29.7 Å². The van der Waals surface area contributed by atoms with Crippen LogP contribution in [0, 0.1) is 6.92 Å². The van der Waals surface area contributed by atoms with Crippen molar-refractivity contribution < 1.29 is 14.3 Å². The second-order valence-electron chi connectivity index (χ2n) is 6.26. The van der Waals surface area contributed by atoms with Crippen molar-refractivity contribution in [2.24, 2.45) is 0 Å². The molecule has 0 saturated carbocycles. The third kappa shape index (κ3) is 6.62. The van der Waals surface area contributed by atoms with Crippen LogP contribution in [0.15, 0.2) is 58.3 Å². The van der Waals surface area contributed by atoms with Gasteiger partial charge in [0.05, 0.1) is 25.0 Å². The molecule has 0 unspecified atom stereocenters. The summed E-state index contributed by atoms with van der Waals surface area (Å²) < 4.78 is 5.91. The van der Waals surface area contributed by atoms with E-state index in [0.717, 1.165) is 15.6 Å². The van der Waals surface area contributed by atoms with Gasteiger partial charge in [-0.25, -0.2) is 4.98 Å². The molecule has 0 aliphatic rings. The van der Waals surface area contributed by atoms with Crippen molar-refractivity contribution in [3.05, 3.63) is 65.2 Å². The van der Waals surface area contributed by atoms with Gasteiger partial charge in [0, 0.05) is 22.8 Å². The number of aryl methyl sites for hydroxylation is 1. The summed E-state index contributed by atoms with van der Waals surface area (Å²) in [7, 11) is 1.58. The number of methoxy groups -OCH3 is 1. The van der Waals surface area contributed by atoms with E-state index in [1.54, 1.807) is 19.2 Å². The molecule has 1 heterocycles. The van der Waals surface area contributed by atoms with Crippen molar-refractivity contribution in [1.82, 2.24) is 4.98 Å². The molecule has 3 rings (SSSR count). The number of carbonyl (C=O) groups is 2. The Morgan fingerprint density at radius 3 is 2.59 bits per heavy atom. The Morgan fingerprint density at radius 1 is 1.07 bits per heavy atom. The van der Waals surface area contributed by atoms with E-state index in [4.69, 9.17) is 4.74 Å². The molecule has 8 heteroatoms. The van der Waals surface area contributed by atoms with Crippen LogP contribution < -0.4 is 15.4 Å². The zero-order valence-electron chi connectivity index (χ0n) is 16.1. The Labute approximate surface area is 177 Å². The van der Waals surface area contributed by atoms with Gasteiger partial charge in [-0.15, -0.1) is 11.3 Å². The molecule has 150 valence electrons. The molecule has 2 N–H and O–H groups in total. The highest BCUT2D eigenvalue weighted by molar-refractivity contribution is 8.01. The van der Waals surface area contributed by atoms with Crippen LogP contribution in [0.3, 0.4) is 0 Å². The summed E-state index contributed by atoms with van der Waals surface area (Å²) in [6, 6.07) is 14.8. The Morgan fingerprint density at radius 2 is 1.83 bits per heavy atom. The van der Waals surface area contributed by atoms with Crippen molar-refractivity contribution in [2.45, 2.75) is 17.7 Å². The number of anilines is 2. The molecular weight excluding hydrogens is 406 g/mol. The first-order chi connectivity index (χ1) is 14.0. The van der Waals surface area contributed by atoms with Gasteiger partial charge in [-0.1, -0.05) is 35.5 Å². The fourth-order valence-corrected chi connectivity index (χ4v) is 4.11. The summed E-state index contributed by atoms with van der Waals surface area (Å²) in [5.74, 6) is 0.694. The van der Waals surface area contributed by atoms with Crippen LogP contribution >= 0.6 is 23.1 Å². The molecule has 29 heavy (non-hydrogen) atoms. The quantitative estimate of drug-likeness (QED) is 0.522. The number of nitrogens with one attached hydrogen (secondary N) is 2. The van der Waals surface area contributed by atoms with E-state index >= 15 is 0 Å². The highest BCUT2D eigenvalue weighted by atomic mass is 32.2. The molecule has 0 saturated heterocycles. The fourth-order valence-electron chi connectivity index (χ4n) is 2.47. The van der Waals surface area contributed by atoms with Crippen LogP contribution in [0.2, 0.25) is 0 Å². The highest BCUT2D eigenvalue weighted by Gasteiger charge is 2.11. The second-order valence-corrected chi connectivity index (χ2v) is 8.35. The monoisotopic (exact) mass is 427 g/mol. The van der Waals surface area contributed by atoms with Crippen LogP contribution in [0.25, 0.3) is 0 Å². The first-order valence-electron chi connectivity index (χ1n) is 8.89. The molecular formula is C21H21N3O3S2. The van der Waals surface area contributed by atoms with Crippen LogP contribution in [-0.2, 0) is 16.0 Å². The third-order valence-corrected chi connectivity index (χ3v) is 5.96. The predicted octanol–water partition coefficient (Wildman–Crippen LogP) is 4.37. The molecule has 2 amide bonds. The average molecular weight is 428 g/mol. The normalized spacial score (nSPS) is 10.4. The van der Waals surface area contributed by atoms with E-state index in [9.17, 15) is 9.59 Å². The first-order valence-corrected chi connectivity index (χ1v) is 10.8. The minimum atomic E-state index is -0.155. The molecule has 2 aromatic carbocycles. The van der Waals surface area contributed by atoms with E-state index in [0.29, 0.717) is 17.1 Å². The number of thiazole rings is 1. The smallest absolute Gasteiger partial charge is 0.234 e. The molecule has 1 aromatic heterocycles. The fraction of sp³-hybridized carbons (Fsp3) is 0.190. The van der Waals surface area contributed by atoms with Gasteiger partial charge < -0.3 is 15.4 Å². The van der Waals surface area contributed by atoms with E-state index in [1.807, 2.05) is 48.7 Å². The topological polar surface area (TPSA) is 80.3 Å². The number of aromatic nitrogens is 1. The number of ether oxygens (including phenoxy) is 1. The molecule has 0 atom stereocenters. The lowest BCUT2D eigenvalue weighted by molar-refractivity contribution is -0.116. The van der Waals surface area contributed by atoms with Gasteiger partial charge in [0.15, 0.2) is 4.34 Å². The number of benzene rings is 2. The number of thioether (sulfide) groups is 1. The van der Waals surface area contributed by atoms with Crippen LogP contribution in [0.4, 0.5) is 11.4 Å². The summed E-state index contributed by atoms with van der Waals surface area (Å²) in [5.41, 5.74) is 3.27. The Balaban J connectivity index is 1.46. The van der Waals surface area contributed by atoms with Gasteiger partial charge in [-0.2, -0.15) is 0 Å². The maximum absolute atomic E-state index is 12.2. The van der Waals surface area contributed by atoms with Gasteiger partial charge in [0.2, 0.25) is 11.8 Å². The number of hydrogen-bond donors (Lipinski definition) is 2. The summed E-state index contributed by atoms with van der Waals surface area (Å²) >= 11 is 2.78. The minimum absolute atomic E-state index is 0.0913. The molecule has 3 aromatic rings. The molecule has 6 nitrogen and oxygen atoms in total. The maximum Gasteiger partial charge on any atom is 0.234 e. The number of hydrogen-bond acceptors (Lipinski definition) is 6. The Hall–Kier alpha value is -2.84. The number of amides is 2.